The monoisotopic (exact) mass is 449 g/mol. The number of anilines is 1. The van der Waals surface area contributed by atoms with Crippen LogP contribution >= 0.6 is 0 Å². The van der Waals surface area contributed by atoms with E-state index in [9.17, 15) is 14.7 Å². The maximum Gasteiger partial charge on any atom is 0.319 e. The zero-order chi connectivity index (χ0) is 22.8. The van der Waals surface area contributed by atoms with Crippen molar-refractivity contribution in [1.82, 2.24) is 9.55 Å². The molecule has 0 aliphatic carbocycles. The van der Waals surface area contributed by atoms with Gasteiger partial charge in [-0.3, -0.25) is 9.59 Å². The number of hydrogen-bond acceptors (Lipinski definition) is 6. The van der Waals surface area contributed by atoms with E-state index in [1.807, 2.05) is 31.2 Å². The highest BCUT2D eigenvalue weighted by Gasteiger charge is 2.46. The molecule has 2 aliphatic heterocycles. The van der Waals surface area contributed by atoms with Gasteiger partial charge >= 0.3 is 5.97 Å². The van der Waals surface area contributed by atoms with Crippen LogP contribution in [0.3, 0.4) is 0 Å². The Morgan fingerprint density at radius 1 is 1.25 bits per heavy atom. The van der Waals surface area contributed by atoms with Crippen molar-refractivity contribution in [3.05, 3.63) is 57.4 Å². The molecular weight excluding hydrogens is 422 g/mol. The Hall–Kier alpha value is -2.97. The number of rotatable bonds is 4. The number of ether oxygens (including phenoxy) is 1. The maximum atomic E-state index is 13.4. The molecule has 0 radical (unpaired) electrons. The molecule has 1 aromatic carbocycles. The van der Waals surface area contributed by atoms with Gasteiger partial charge in [0.2, 0.25) is 0 Å². The van der Waals surface area contributed by atoms with E-state index in [1.54, 1.807) is 4.57 Å². The highest BCUT2D eigenvalue weighted by atomic mass is 28.3. The van der Waals surface area contributed by atoms with Gasteiger partial charge in [0.25, 0.3) is 5.56 Å². The zero-order valence-electron chi connectivity index (χ0n) is 18.8. The molecule has 0 bridgehead atoms. The van der Waals surface area contributed by atoms with Crippen molar-refractivity contribution in [3.8, 4) is 11.4 Å². The molecule has 0 fully saturated rings. The van der Waals surface area contributed by atoms with Crippen molar-refractivity contribution in [1.29, 1.82) is 0 Å². The van der Waals surface area contributed by atoms with Crippen LogP contribution in [0.5, 0.6) is 0 Å². The van der Waals surface area contributed by atoms with Gasteiger partial charge in [0, 0.05) is 10.9 Å². The van der Waals surface area contributed by atoms with Gasteiger partial charge in [-0.25, -0.2) is 4.98 Å². The molecule has 1 unspecified atom stereocenters. The molecule has 7 nitrogen and oxygen atoms in total. The van der Waals surface area contributed by atoms with E-state index in [2.05, 4.69) is 30.7 Å². The lowest BCUT2D eigenvalue weighted by Gasteiger charge is -2.34. The number of hydrogen-bond donors (Lipinski definition) is 2. The summed E-state index contributed by atoms with van der Waals surface area (Å²) in [6.45, 7) is 8.49. The molecule has 5 rings (SSSR count). The smallest absolute Gasteiger partial charge is 0.319 e. The molecule has 0 spiro atoms. The molecule has 1 atom stereocenters. The second-order valence-electron chi connectivity index (χ2n) is 9.73. The number of aromatic nitrogens is 2. The Kier molecular flexibility index (Phi) is 4.58. The number of aliphatic hydroxyl groups excluding tert-OH is 1. The molecule has 3 aromatic rings. The van der Waals surface area contributed by atoms with Crippen molar-refractivity contribution >= 4 is 30.8 Å². The fourth-order valence-electron chi connectivity index (χ4n) is 4.85. The van der Waals surface area contributed by atoms with E-state index in [0.717, 1.165) is 27.8 Å². The number of para-hydroxylation sites is 1. The van der Waals surface area contributed by atoms with Gasteiger partial charge in [0.15, 0.2) is 0 Å². The first-order valence-corrected chi connectivity index (χ1v) is 14.4. The molecule has 32 heavy (non-hydrogen) atoms. The first kappa shape index (κ1) is 20.9. The van der Waals surface area contributed by atoms with Crippen LogP contribution in [0, 0.1) is 0 Å². The molecule has 0 amide bonds. The predicted molar refractivity (Wildman–Crippen MR) is 126 cm³/mol. The van der Waals surface area contributed by atoms with E-state index in [0.29, 0.717) is 29.8 Å². The molecule has 4 heterocycles. The highest BCUT2D eigenvalue weighted by molar-refractivity contribution is 6.79. The number of benzene rings is 1. The van der Waals surface area contributed by atoms with Crippen LogP contribution in [0.4, 0.5) is 5.69 Å². The van der Waals surface area contributed by atoms with E-state index in [4.69, 9.17) is 9.72 Å². The maximum absolute atomic E-state index is 13.4. The minimum absolute atomic E-state index is 0.0644. The van der Waals surface area contributed by atoms with Crippen LogP contribution < -0.4 is 10.5 Å². The number of cyclic esters (lactones) is 1. The molecular formula is C24H27N3O4Si. The van der Waals surface area contributed by atoms with E-state index in [1.165, 1.54) is 0 Å². The normalized spacial score (nSPS) is 19.3. The van der Waals surface area contributed by atoms with Crippen molar-refractivity contribution in [3.63, 3.8) is 0 Å². The number of pyridine rings is 2. The van der Waals surface area contributed by atoms with E-state index < -0.39 is 26.2 Å². The molecule has 166 valence electrons. The van der Waals surface area contributed by atoms with Crippen LogP contribution in [0.25, 0.3) is 22.3 Å². The predicted octanol–water partition coefficient (Wildman–Crippen LogP) is 3.37. The van der Waals surface area contributed by atoms with Crippen LogP contribution in [0.2, 0.25) is 19.6 Å². The van der Waals surface area contributed by atoms with Gasteiger partial charge in [-0.05, 0) is 30.2 Å². The fourth-order valence-corrected chi connectivity index (χ4v) is 5.86. The quantitative estimate of drug-likeness (QED) is 0.367. The average Bonchev–Trinajstić information content (AvgIpc) is 3.10. The Morgan fingerprint density at radius 3 is 2.72 bits per heavy atom. The Labute approximate surface area is 187 Å². The lowest BCUT2D eigenvalue weighted by molar-refractivity contribution is -0.156. The molecule has 2 aliphatic rings. The van der Waals surface area contributed by atoms with Gasteiger partial charge in [-0.15, -0.1) is 0 Å². The summed E-state index contributed by atoms with van der Waals surface area (Å²) in [6.07, 6.45) is 0.348. The van der Waals surface area contributed by atoms with Crippen LogP contribution in [-0.4, -0.2) is 35.5 Å². The van der Waals surface area contributed by atoms with Gasteiger partial charge in [-0.2, -0.15) is 0 Å². The van der Waals surface area contributed by atoms with E-state index >= 15 is 0 Å². The lowest BCUT2D eigenvalue weighted by Crippen LogP contribution is -2.47. The van der Waals surface area contributed by atoms with Crippen molar-refractivity contribution in [2.24, 2.45) is 0 Å². The summed E-state index contributed by atoms with van der Waals surface area (Å²) in [5, 5.41) is 11.2. The van der Waals surface area contributed by atoms with Crippen molar-refractivity contribution in [2.45, 2.75) is 51.6 Å². The standard InChI is InChI=1S/C24H27N3O4Si/c1-5-24(13-28)17-10-19-21-15(11-27(19)22(29)16(17)12-31-23(24)30)9-14-7-6-8-18(20(14)25-21)26-32(2,3)4/h6-10,26,28H,5,11-13H2,1-4H3. The van der Waals surface area contributed by atoms with Gasteiger partial charge < -0.3 is 19.4 Å². The summed E-state index contributed by atoms with van der Waals surface area (Å²) in [5.41, 5.74) is 3.89. The average molecular weight is 450 g/mol. The van der Waals surface area contributed by atoms with Gasteiger partial charge in [-0.1, -0.05) is 38.7 Å². The third kappa shape index (κ3) is 2.93. The Morgan fingerprint density at radius 2 is 2.03 bits per heavy atom. The Balaban J connectivity index is 1.76. The summed E-state index contributed by atoms with van der Waals surface area (Å²) in [4.78, 5) is 34.7. The molecule has 8 heteroatoms. The van der Waals surface area contributed by atoms with Crippen molar-refractivity contribution < 1.29 is 14.6 Å². The van der Waals surface area contributed by atoms with Crippen molar-refractivity contribution in [2.75, 3.05) is 11.6 Å². The first-order chi connectivity index (χ1) is 15.2. The molecule has 0 saturated heterocycles. The summed E-state index contributed by atoms with van der Waals surface area (Å²) in [7, 11) is -1.60. The number of carbonyl (C=O) groups is 1. The topological polar surface area (TPSA) is 93.5 Å². The highest BCUT2D eigenvalue weighted by Crippen LogP contribution is 2.40. The SMILES string of the molecule is CCC1(CO)C(=O)OCc2c1cc1n(c2=O)Cc2cc3cccc(N[Si](C)(C)C)c3nc2-1. The number of esters is 1. The summed E-state index contributed by atoms with van der Waals surface area (Å²) in [5.74, 6) is -0.481. The third-order valence-corrected chi connectivity index (χ3v) is 7.55. The lowest BCUT2D eigenvalue weighted by atomic mass is 9.75. The second kappa shape index (κ2) is 7.01. The minimum atomic E-state index is -1.60. The summed E-state index contributed by atoms with van der Waals surface area (Å²) in [6, 6.07) is 10.1. The largest absolute Gasteiger partial charge is 0.460 e. The first-order valence-electron chi connectivity index (χ1n) is 10.9. The summed E-state index contributed by atoms with van der Waals surface area (Å²) < 4.78 is 7.02. The second-order valence-corrected chi connectivity index (χ2v) is 14.5. The van der Waals surface area contributed by atoms with Crippen LogP contribution in [0.1, 0.15) is 30.0 Å². The van der Waals surface area contributed by atoms with Crippen LogP contribution in [-0.2, 0) is 28.1 Å². The number of fused-ring (bicyclic) bond motifs is 5. The van der Waals surface area contributed by atoms with E-state index in [-0.39, 0.29) is 12.2 Å². The molecule has 0 saturated carbocycles. The fraction of sp³-hybridized carbons (Fsp3) is 0.375. The number of carbonyl (C=O) groups excluding carboxylic acids is 1. The minimum Gasteiger partial charge on any atom is -0.460 e. The molecule has 2 N–H and O–H groups in total. The zero-order valence-corrected chi connectivity index (χ0v) is 19.8. The number of nitrogens with one attached hydrogen (secondary N) is 1. The Bertz CT molecular complexity index is 1340. The number of aliphatic hydroxyl groups is 1. The third-order valence-electron chi connectivity index (χ3n) is 6.53. The number of nitrogens with zero attached hydrogens (tertiary/aromatic N) is 2. The molecule has 2 aromatic heterocycles. The van der Waals surface area contributed by atoms with Gasteiger partial charge in [0.1, 0.15) is 20.3 Å². The van der Waals surface area contributed by atoms with Gasteiger partial charge in [0.05, 0.1) is 41.3 Å². The van der Waals surface area contributed by atoms with Crippen LogP contribution in [0.15, 0.2) is 35.1 Å². The summed E-state index contributed by atoms with van der Waals surface area (Å²) >= 11 is 0.